The second kappa shape index (κ2) is 9.65. The number of carbonyl (C=O) groups excluding carboxylic acids is 1. The van der Waals surface area contributed by atoms with Crippen LogP contribution in [0.25, 0.3) is 10.2 Å². The van der Waals surface area contributed by atoms with E-state index in [4.69, 9.17) is 17.4 Å². The number of H-pyrrole nitrogens is 1. The van der Waals surface area contributed by atoms with E-state index in [1.54, 1.807) is 12.1 Å². The molecule has 160 valence electrons. The summed E-state index contributed by atoms with van der Waals surface area (Å²) in [6, 6.07) is 8.09. The number of hydrogen-bond donors (Lipinski definition) is 3. The highest BCUT2D eigenvalue weighted by atomic mass is 32.2. The normalized spacial score (nSPS) is 11.6. The van der Waals surface area contributed by atoms with E-state index in [-0.39, 0.29) is 16.4 Å². The van der Waals surface area contributed by atoms with Crippen LogP contribution in [0.15, 0.2) is 45.4 Å². The van der Waals surface area contributed by atoms with Gasteiger partial charge < -0.3 is 10.3 Å². The molecule has 0 fully saturated rings. The smallest absolute Gasteiger partial charge is 0.272 e. The maximum atomic E-state index is 12.5. The molecule has 0 saturated carbocycles. The number of aromatic nitrogens is 2. The Balaban J connectivity index is 1.40. The second-order valence-electron chi connectivity index (χ2n) is 6.80. The van der Waals surface area contributed by atoms with E-state index in [9.17, 15) is 18.0 Å². The molecule has 0 radical (unpaired) electrons. The Morgan fingerprint density at radius 3 is 2.63 bits per heavy atom. The van der Waals surface area contributed by atoms with Crippen LogP contribution in [-0.2, 0) is 27.8 Å². The first-order valence-electron chi connectivity index (χ1n) is 9.34. The minimum absolute atomic E-state index is 0.0625. The fourth-order valence-corrected chi connectivity index (χ4v) is 4.61. The zero-order chi connectivity index (χ0) is 21.7. The van der Waals surface area contributed by atoms with Crippen molar-refractivity contribution in [2.24, 2.45) is 5.14 Å². The third-order valence-electron chi connectivity index (χ3n) is 4.61. The summed E-state index contributed by atoms with van der Waals surface area (Å²) in [5, 5.41) is 9.76. The van der Waals surface area contributed by atoms with E-state index in [0.717, 1.165) is 11.1 Å². The largest absolute Gasteiger partial charge is 0.356 e. The average molecular weight is 467 g/mol. The molecule has 1 aromatic carbocycles. The minimum atomic E-state index is -3.70. The highest BCUT2D eigenvalue weighted by molar-refractivity contribution is 7.89. The molecule has 3 rings (SSSR count). The topological polar surface area (TPSA) is 127 Å². The van der Waals surface area contributed by atoms with Crippen molar-refractivity contribution in [1.82, 2.24) is 14.9 Å². The molecule has 8 nitrogen and oxygen atoms in total. The summed E-state index contributed by atoms with van der Waals surface area (Å²) >= 11 is 6.64. The average Bonchev–Trinajstić information content (AvgIpc) is 3.15. The van der Waals surface area contributed by atoms with Crippen molar-refractivity contribution in [3.8, 4) is 0 Å². The highest BCUT2D eigenvalue weighted by Gasteiger charge is 2.08. The van der Waals surface area contributed by atoms with Gasteiger partial charge in [0, 0.05) is 19.5 Å². The van der Waals surface area contributed by atoms with Crippen molar-refractivity contribution in [3.63, 3.8) is 0 Å². The van der Waals surface area contributed by atoms with Gasteiger partial charge in [0.05, 0.1) is 10.4 Å². The number of benzene rings is 1. The first-order chi connectivity index (χ1) is 14.3. The zero-order valence-corrected chi connectivity index (χ0v) is 18.5. The molecule has 2 aromatic heterocycles. The molecule has 4 N–H and O–H groups in total. The Labute approximate surface area is 182 Å². The molecule has 0 aliphatic rings. The van der Waals surface area contributed by atoms with Gasteiger partial charge in [-0.2, -0.15) is 0 Å². The van der Waals surface area contributed by atoms with Gasteiger partial charge >= 0.3 is 0 Å². The number of thiophene rings is 1. The Kier molecular flexibility index (Phi) is 7.19. The Morgan fingerprint density at radius 1 is 1.20 bits per heavy atom. The number of primary sulfonamides is 1. The molecule has 1 amide bonds. The van der Waals surface area contributed by atoms with Gasteiger partial charge in [-0.15, -0.1) is 11.3 Å². The Bertz CT molecular complexity index is 1260. The van der Waals surface area contributed by atoms with Gasteiger partial charge in [-0.05, 0) is 60.6 Å². The van der Waals surface area contributed by atoms with Crippen LogP contribution in [0.1, 0.15) is 24.8 Å². The summed E-state index contributed by atoms with van der Waals surface area (Å²) in [4.78, 5) is 27.6. The van der Waals surface area contributed by atoms with Crippen LogP contribution in [0.4, 0.5) is 0 Å². The molecule has 0 unspecified atom stereocenters. The molecule has 0 aliphatic heterocycles. The molecule has 3 aromatic rings. The van der Waals surface area contributed by atoms with E-state index in [2.05, 4.69) is 10.3 Å². The van der Waals surface area contributed by atoms with Crippen molar-refractivity contribution in [2.45, 2.75) is 37.1 Å². The van der Waals surface area contributed by atoms with Crippen LogP contribution in [-0.4, -0.2) is 30.4 Å². The van der Waals surface area contributed by atoms with Gasteiger partial charge in [0.2, 0.25) is 15.9 Å². The monoisotopic (exact) mass is 466 g/mol. The van der Waals surface area contributed by atoms with Crippen molar-refractivity contribution in [3.05, 3.63) is 56.4 Å². The summed E-state index contributed by atoms with van der Waals surface area (Å²) in [6.45, 7) is 0.916. The number of nitrogens with zero attached hydrogens (tertiary/aromatic N) is 1. The van der Waals surface area contributed by atoms with Gasteiger partial charge in [-0.3, -0.25) is 14.2 Å². The summed E-state index contributed by atoms with van der Waals surface area (Å²) in [7, 11) is -3.70. The number of aromatic amines is 1. The summed E-state index contributed by atoms with van der Waals surface area (Å²) < 4.78 is 25.1. The van der Waals surface area contributed by atoms with Gasteiger partial charge in [0.25, 0.3) is 5.56 Å². The number of nitrogens with two attached hydrogens (primary N) is 1. The standard InChI is InChI=1S/C19H22N4O4S3/c20-30(26,27)14-6-4-13(5-7-14)8-10-21-16(24)3-1-2-11-23-18(25)17-15(9-12-29-17)22-19(23)28/h4-7,9,12H,1-3,8,10-11H2,(H,21,24)(H,22,28)(H2,20,26,27). The van der Waals surface area contributed by atoms with Gasteiger partial charge in [0.1, 0.15) is 4.70 Å². The zero-order valence-electron chi connectivity index (χ0n) is 16.1. The lowest BCUT2D eigenvalue weighted by Gasteiger charge is -2.08. The SMILES string of the molecule is NS(=O)(=O)c1ccc(CCNC(=O)CCCCn2c(=S)[nH]c3ccsc3c2=O)cc1. The number of unbranched alkanes of at least 4 members (excludes halogenated alkanes) is 1. The van der Waals surface area contributed by atoms with Gasteiger partial charge in [-0.1, -0.05) is 12.1 Å². The molecule has 11 heteroatoms. The quantitative estimate of drug-likeness (QED) is 0.329. The minimum Gasteiger partial charge on any atom is -0.356 e. The third-order valence-corrected chi connectivity index (χ3v) is 6.77. The molecule has 30 heavy (non-hydrogen) atoms. The van der Waals surface area contributed by atoms with Crippen molar-refractivity contribution < 1.29 is 13.2 Å². The molecular weight excluding hydrogens is 444 g/mol. The summed E-state index contributed by atoms with van der Waals surface area (Å²) in [6.07, 6.45) is 2.24. The predicted octanol–water partition coefficient (Wildman–Crippen LogP) is 2.30. The maximum absolute atomic E-state index is 12.5. The number of carbonyl (C=O) groups is 1. The van der Waals surface area contributed by atoms with Crippen LogP contribution in [0, 0.1) is 4.77 Å². The number of amides is 1. The lowest BCUT2D eigenvalue weighted by molar-refractivity contribution is -0.121. The maximum Gasteiger partial charge on any atom is 0.272 e. The van der Waals surface area contributed by atoms with Gasteiger partial charge in [-0.25, -0.2) is 13.6 Å². The summed E-state index contributed by atoms with van der Waals surface area (Å²) in [5.41, 5.74) is 1.56. The van der Waals surface area contributed by atoms with Crippen LogP contribution in [0.2, 0.25) is 0 Å². The molecule has 2 heterocycles. The van der Waals surface area contributed by atoms with Crippen molar-refractivity contribution >= 4 is 49.7 Å². The number of nitrogens with one attached hydrogen (secondary N) is 2. The van der Waals surface area contributed by atoms with Crippen molar-refractivity contribution in [1.29, 1.82) is 0 Å². The van der Waals surface area contributed by atoms with E-state index in [1.165, 1.54) is 28.0 Å². The van der Waals surface area contributed by atoms with Crippen LogP contribution in [0.5, 0.6) is 0 Å². The molecule has 0 atom stereocenters. The lowest BCUT2D eigenvalue weighted by atomic mass is 10.1. The lowest BCUT2D eigenvalue weighted by Crippen LogP contribution is -2.25. The van der Waals surface area contributed by atoms with Crippen LogP contribution < -0.4 is 16.0 Å². The first-order valence-corrected chi connectivity index (χ1v) is 12.2. The molecular formula is C19H22N4O4S3. The summed E-state index contributed by atoms with van der Waals surface area (Å²) in [5.74, 6) is -0.0672. The van der Waals surface area contributed by atoms with Crippen molar-refractivity contribution in [2.75, 3.05) is 6.54 Å². The van der Waals surface area contributed by atoms with E-state index >= 15 is 0 Å². The number of fused-ring (bicyclic) bond motifs is 1. The van der Waals surface area contributed by atoms with Crippen LogP contribution in [0.3, 0.4) is 0 Å². The molecule has 0 bridgehead atoms. The van der Waals surface area contributed by atoms with Crippen LogP contribution >= 0.6 is 23.6 Å². The highest BCUT2D eigenvalue weighted by Crippen LogP contribution is 2.14. The molecule has 0 saturated heterocycles. The molecule has 0 spiro atoms. The number of hydrogen-bond acceptors (Lipinski definition) is 6. The van der Waals surface area contributed by atoms with Gasteiger partial charge in [0.15, 0.2) is 4.77 Å². The second-order valence-corrected chi connectivity index (χ2v) is 9.66. The van der Waals surface area contributed by atoms with E-state index in [0.29, 0.717) is 48.2 Å². The number of rotatable bonds is 9. The Morgan fingerprint density at radius 2 is 1.93 bits per heavy atom. The Hall–Kier alpha value is -2.34. The fourth-order valence-electron chi connectivity index (χ4n) is 3.01. The number of sulfonamides is 1. The molecule has 0 aliphatic carbocycles. The third kappa shape index (κ3) is 5.63. The first kappa shape index (κ1) is 22.3. The predicted molar refractivity (Wildman–Crippen MR) is 120 cm³/mol. The fraction of sp³-hybridized carbons (Fsp3) is 0.316. The van der Waals surface area contributed by atoms with E-state index in [1.807, 2.05) is 11.4 Å². The van der Waals surface area contributed by atoms with E-state index < -0.39 is 10.0 Å².